The Morgan fingerprint density at radius 1 is 1.43 bits per heavy atom. The molecule has 0 aliphatic carbocycles. The van der Waals surface area contributed by atoms with Gasteiger partial charge >= 0.3 is 5.69 Å². The molecule has 2 rings (SSSR count). The van der Waals surface area contributed by atoms with E-state index in [1.807, 2.05) is 0 Å². The monoisotopic (exact) mass is 340 g/mol. The summed E-state index contributed by atoms with van der Waals surface area (Å²) in [5, 5.41) is 19.2. The van der Waals surface area contributed by atoms with Gasteiger partial charge in [0.05, 0.1) is 34.9 Å². The highest BCUT2D eigenvalue weighted by molar-refractivity contribution is 6.31. The number of halogens is 1. The summed E-state index contributed by atoms with van der Waals surface area (Å²) >= 11 is 6.02. The van der Waals surface area contributed by atoms with Crippen molar-refractivity contribution < 1.29 is 9.72 Å². The van der Waals surface area contributed by atoms with E-state index < -0.39 is 4.92 Å². The highest BCUT2D eigenvalue weighted by Crippen LogP contribution is 2.18. The van der Waals surface area contributed by atoms with Gasteiger partial charge in [0.1, 0.15) is 11.9 Å². The van der Waals surface area contributed by atoms with Crippen LogP contribution in [0.25, 0.3) is 0 Å². The second-order valence-corrected chi connectivity index (χ2v) is 5.57. The number of nitro groups is 1. The number of hydrogen-bond donors (Lipinski definition) is 0. The zero-order chi connectivity index (χ0) is 17.1. The summed E-state index contributed by atoms with van der Waals surface area (Å²) in [6.07, 6.45) is 2.91. The van der Waals surface area contributed by atoms with Crippen molar-refractivity contribution in [2.45, 2.75) is 26.4 Å². The van der Waals surface area contributed by atoms with Crippen LogP contribution in [0.1, 0.15) is 17.8 Å². The summed E-state index contributed by atoms with van der Waals surface area (Å²) in [6, 6.07) is 0. The maximum absolute atomic E-state index is 12.2. The molecule has 0 aromatic carbocycles. The zero-order valence-corrected chi connectivity index (χ0v) is 13.8. The third-order valence-electron chi connectivity index (χ3n) is 3.63. The van der Waals surface area contributed by atoms with Crippen LogP contribution in [-0.2, 0) is 24.9 Å². The number of aromatic nitrogens is 4. The van der Waals surface area contributed by atoms with Gasteiger partial charge in [-0.15, -0.1) is 0 Å². The molecule has 0 spiro atoms. The number of carbonyl (C=O) groups excluding carboxylic acids is 1. The molecule has 10 heteroatoms. The van der Waals surface area contributed by atoms with E-state index in [0.717, 1.165) is 5.69 Å². The lowest BCUT2D eigenvalue weighted by molar-refractivity contribution is -0.385. The second kappa shape index (κ2) is 6.78. The number of amides is 1. The fourth-order valence-corrected chi connectivity index (χ4v) is 2.39. The molecule has 124 valence electrons. The number of aryl methyl sites for hydroxylation is 2. The van der Waals surface area contributed by atoms with Crippen LogP contribution in [0.3, 0.4) is 0 Å². The first-order valence-electron chi connectivity index (χ1n) is 6.88. The maximum atomic E-state index is 12.2. The van der Waals surface area contributed by atoms with Crippen molar-refractivity contribution in [2.75, 3.05) is 7.05 Å². The minimum atomic E-state index is -0.489. The Balaban J connectivity index is 1.96. The van der Waals surface area contributed by atoms with Gasteiger partial charge in [0.15, 0.2) is 0 Å². The third-order valence-corrected chi connectivity index (χ3v) is 3.95. The summed E-state index contributed by atoms with van der Waals surface area (Å²) in [5.41, 5.74) is 1.13. The number of rotatable bonds is 6. The predicted octanol–water partition coefficient (Wildman–Crippen LogP) is 1.54. The van der Waals surface area contributed by atoms with Crippen LogP contribution in [0.2, 0.25) is 5.02 Å². The van der Waals surface area contributed by atoms with E-state index in [4.69, 9.17) is 11.6 Å². The Kier molecular flexibility index (Phi) is 4.99. The molecule has 0 unspecified atom stereocenters. The normalized spacial score (nSPS) is 10.8. The summed E-state index contributed by atoms with van der Waals surface area (Å²) in [7, 11) is 3.43. The average molecular weight is 341 g/mol. The molecule has 23 heavy (non-hydrogen) atoms. The largest absolute Gasteiger partial charge is 0.340 e. The first-order valence-corrected chi connectivity index (χ1v) is 7.26. The van der Waals surface area contributed by atoms with Crippen molar-refractivity contribution in [1.29, 1.82) is 0 Å². The molecule has 0 N–H and O–H groups in total. The van der Waals surface area contributed by atoms with E-state index in [1.54, 1.807) is 25.7 Å². The lowest BCUT2D eigenvalue weighted by atomic mass is 10.3. The van der Waals surface area contributed by atoms with Crippen LogP contribution in [0.5, 0.6) is 0 Å². The Bertz CT molecular complexity index is 719. The zero-order valence-electron chi connectivity index (χ0n) is 13.1. The molecule has 0 radical (unpaired) electrons. The van der Waals surface area contributed by atoms with Gasteiger partial charge in [-0.1, -0.05) is 11.6 Å². The van der Waals surface area contributed by atoms with Gasteiger partial charge in [0.25, 0.3) is 0 Å². The van der Waals surface area contributed by atoms with Gasteiger partial charge in [-0.05, 0) is 6.92 Å². The maximum Gasteiger partial charge on any atom is 0.309 e. The molecule has 0 bridgehead atoms. The van der Waals surface area contributed by atoms with Crippen molar-refractivity contribution in [3.05, 3.63) is 38.9 Å². The van der Waals surface area contributed by atoms with E-state index in [-0.39, 0.29) is 24.6 Å². The third kappa shape index (κ3) is 3.67. The topological polar surface area (TPSA) is 99.1 Å². The van der Waals surface area contributed by atoms with Crippen molar-refractivity contribution in [1.82, 2.24) is 24.5 Å². The molecule has 2 aromatic rings. The molecule has 2 heterocycles. The Labute approximate surface area is 137 Å². The van der Waals surface area contributed by atoms with Crippen LogP contribution in [-0.4, -0.2) is 42.3 Å². The Hall–Kier alpha value is -2.42. The van der Waals surface area contributed by atoms with Gasteiger partial charge in [-0.2, -0.15) is 10.2 Å². The van der Waals surface area contributed by atoms with Crippen LogP contribution in [0.15, 0.2) is 12.4 Å². The molecule has 0 saturated heterocycles. The molecule has 0 saturated carbocycles. The Morgan fingerprint density at radius 3 is 2.65 bits per heavy atom. The van der Waals surface area contributed by atoms with Gasteiger partial charge < -0.3 is 4.90 Å². The SMILES string of the molecule is Cc1c([N+](=O)[O-])cnn1CCC(=O)N(C)Cc1c(Cl)cnn1C. The van der Waals surface area contributed by atoms with E-state index in [9.17, 15) is 14.9 Å². The van der Waals surface area contributed by atoms with Gasteiger partial charge in [-0.3, -0.25) is 24.3 Å². The van der Waals surface area contributed by atoms with Gasteiger partial charge in [0, 0.05) is 20.5 Å². The minimum absolute atomic E-state index is 0.0486. The van der Waals surface area contributed by atoms with Gasteiger partial charge in [-0.25, -0.2) is 0 Å². The van der Waals surface area contributed by atoms with Crippen LogP contribution in [0.4, 0.5) is 5.69 Å². The van der Waals surface area contributed by atoms with E-state index in [2.05, 4.69) is 10.2 Å². The van der Waals surface area contributed by atoms with Crippen molar-refractivity contribution in [3.8, 4) is 0 Å². The van der Waals surface area contributed by atoms with Crippen LogP contribution in [0, 0.1) is 17.0 Å². The first kappa shape index (κ1) is 16.9. The summed E-state index contributed by atoms with van der Waals surface area (Å²) in [4.78, 5) is 24.0. The smallest absolute Gasteiger partial charge is 0.309 e. The molecule has 0 fully saturated rings. The molecule has 0 atom stereocenters. The number of nitrogens with zero attached hydrogens (tertiary/aromatic N) is 6. The van der Waals surface area contributed by atoms with E-state index >= 15 is 0 Å². The first-order chi connectivity index (χ1) is 10.8. The van der Waals surface area contributed by atoms with Crippen LogP contribution < -0.4 is 0 Å². The highest BCUT2D eigenvalue weighted by atomic mass is 35.5. The summed E-state index contributed by atoms with van der Waals surface area (Å²) in [5.74, 6) is -0.111. The number of hydrogen-bond acceptors (Lipinski definition) is 5. The molecule has 1 amide bonds. The second-order valence-electron chi connectivity index (χ2n) is 5.16. The average Bonchev–Trinajstić information content (AvgIpc) is 3.01. The molecule has 9 nitrogen and oxygen atoms in total. The predicted molar refractivity (Wildman–Crippen MR) is 82.9 cm³/mol. The molecule has 2 aromatic heterocycles. The lowest BCUT2D eigenvalue weighted by Crippen LogP contribution is -2.28. The quantitative estimate of drug-likeness (QED) is 0.586. The summed E-state index contributed by atoms with van der Waals surface area (Å²) in [6.45, 7) is 2.23. The fraction of sp³-hybridized carbons (Fsp3) is 0.462. The van der Waals surface area contributed by atoms with Gasteiger partial charge in [0.2, 0.25) is 5.91 Å². The number of carbonyl (C=O) groups is 1. The highest BCUT2D eigenvalue weighted by Gasteiger charge is 2.18. The minimum Gasteiger partial charge on any atom is -0.340 e. The van der Waals surface area contributed by atoms with Crippen LogP contribution >= 0.6 is 11.6 Å². The molecule has 0 aliphatic heterocycles. The lowest BCUT2D eigenvalue weighted by Gasteiger charge is -2.17. The molecular weight excluding hydrogens is 324 g/mol. The van der Waals surface area contributed by atoms with Crippen molar-refractivity contribution >= 4 is 23.2 Å². The fourth-order valence-electron chi connectivity index (χ4n) is 2.16. The van der Waals surface area contributed by atoms with E-state index in [0.29, 0.717) is 17.3 Å². The molecule has 0 aliphatic rings. The van der Waals surface area contributed by atoms with E-state index in [1.165, 1.54) is 22.0 Å². The standard InChI is InChI=1S/C13H17ClN6O3/c1-9-11(20(22)23)7-16-19(9)5-4-13(21)17(2)8-12-10(14)6-15-18(12)3/h6-7H,4-5,8H2,1-3H3. The van der Waals surface area contributed by atoms with Crippen molar-refractivity contribution in [3.63, 3.8) is 0 Å². The molecular formula is C13H17ClN6O3. The summed E-state index contributed by atoms with van der Waals surface area (Å²) < 4.78 is 3.08. The Morgan fingerprint density at radius 2 is 2.13 bits per heavy atom. The van der Waals surface area contributed by atoms with Crippen molar-refractivity contribution in [2.24, 2.45) is 7.05 Å².